The quantitative estimate of drug-likeness (QED) is 0.153. The Morgan fingerprint density at radius 2 is 0.741 bits per heavy atom. The highest BCUT2D eigenvalue weighted by Gasteiger charge is 2.43. The number of para-hydroxylation sites is 1. The van der Waals surface area contributed by atoms with E-state index in [1.54, 1.807) is 0 Å². The fraction of sp³-hybridized carbons (Fsp3) is 0.176. The van der Waals surface area contributed by atoms with Crippen LogP contribution in [0, 0.1) is 0 Å². The Balaban J connectivity index is 1.23. The number of nitrogens with zero attached hydrogens (tertiary/aromatic N) is 2. The van der Waals surface area contributed by atoms with E-state index < -0.39 is 0 Å². The minimum atomic E-state index is 0.0981. The molecule has 3 heteroatoms. The van der Waals surface area contributed by atoms with E-state index in [0.29, 0.717) is 17.8 Å². The van der Waals surface area contributed by atoms with Gasteiger partial charge in [-0.05, 0) is 122 Å². The van der Waals surface area contributed by atoms with Crippen LogP contribution in [0.2, 0.25) is 0 Å². The third-order valence-electron chi connectivity index (χ3n) is 11.7. The van der Waals surface area contributed by atoms with Crippen molar-refractivity contribution in [2.75, 3.05) is 9.80 Å². The highest BCUT2D eigenvalue weighted by Crippen LogP contribution is 2.45. The van der Waals surface area contributed by atoms with Gasteiger partial charge in [-0.1, -0.05) is 151 Å². The summed E-state index contributed by atoms with van der Waals surface area (Å²) in [5.41, 5.74) is 20.3. The maximum absolute atomic E-state index is 2.51. The summed E-state index contributed by atoms with van der Waals surface area (Å²) < 4.78 is 0. The van der Waals surface area contributed by atoms with Crippen molar-refractivity contribution >= 4 is 57.2 Å². The number of hydrogen-bond acceptors (Lipinski definition) is 2. The first-order chi connectivity index (χ1) is 26.3. The molecule has 0 aromatic heterocycles. The second kappa shape index (κ2) is 13.6. The van der Waals surface area contributed by atoms with Gasteiger partial charge in [0, 0.05) is 34.1 Å². The van der Waals surface area contributed by atoms with Gasteiger partial charge >= 0.3 is 0 Å². The number of benzene rings is 7. The molecule has 0 N–H and O–H groups in total. The van der Waals surface area contributed by atoms with Gasteiger partial charge in [0.05, 0.1) is 0 Å². The van der Waals surface area contributed by atoms with E-state index in [9.17, 15) is 0 Å². The molecule has 0 fully saturated rings. The third kappa shape index (κ3) is 5.74. The first kappa shape index (κ1) is 34.0. The van der Waals surface area contributed by atoms with Crippen LogP contribution in [0.1, 0.15) is 76.0 Å². The van der Waals surface area contributed by atoms with Crippen LogP contribution in [0.5, 0.6) is 0 Å². The topological polar surface area (TPSA) is 6.48 Å². The molecule has 0 atom stereocenters. The minimum absolute atomic E-state index is 0.0981. The van der Waals surface area contributed by atoms with Gasteiger partial charge in [0.15, 0.2) is 0 Å². The van der Waals surface area contributed by atoms with E-state index in [0.717, 1.165) is 5.69 Å². The van der Waals surface area contributed by atoms with Crippen LogP contribution >= 0.6 is 0 Å². The number of rotatable bonds is 7. The summed E-state index contributed by atoms with van der Waals surface area (Å²) in [5, 5.41) is 0. The van der Waals surface area contributed by atoms with E-state index in [1.165, 1.54) is 83.8 Å². The molecule has 0 saturated carbocycles. The second-order valence-corrected chi connectivity index (χ2v) is 16.0. The maximum atomic E-state index is 2.51. The van der Waals surface area contributed by atoms with E-state index >= 15 is 0 Å². The van der Waals surface area contributed by atoms with E-state index in [4.69, 9.17) is 0 Å². The zero-order valence-electron chi connectivity index (χ0n) is 32.2. The van der Waals surface area contributed by atoms with E-state index in [2.05, 4.69) is 209 Å². The molecule has 2 aliphatic heterocycles. The lowest BCUT2D eigenvalue weighted by Crippen LogP contribution is -2.61. The van der Waals surface area contributed by atoms with E-state index in [1.807, 2.05) is 0 Å². The molecule has 264 valence electrons. The summed E-state index contributed by atoms with van der Waals surface area (Å²) in [5.74, 6) is 1.50. The molecule has 7 aromatic carbocycles. The van der Waals surface area contributed by atoms with Crippen LogP contribution in [0.3, 0.4) is 0 Å². The molecular formula is C51H47BN2. The molecule has 54 heavy (non-hydrogen) atoms. The summed E-state index contributed by atoms with van der Waals surface area (Å²) in [6.07, 6.45) is 0. The van der Waals surface area contributed by atoms with Gasteiger partial charge in [-0.25, -0.2) is 0 Å². The molecule has 0 saturated heterocycles. The van der Waals surface area contributed by atoms with Crippen LogP contribution in [0.25, 0.3) is 22.3 Å². The SMILES string of the molecule is CC(C)c1ccc(-c2ccc(N3c4cc(-c5ccc(C(C)C)cc5)ccc4B4c5ccccc5N(c5ccc(C(C)C)cc5)c5cccc3c54)cc2)cc1. The van der Waals surface area contributed by atoms with Crippen LogP contribution in [-0.4, -0.2) is 6.71 Å². The second-order valence-electron chi connectivity index (χ2n) is 16.0. The summed E-state index contributed by atoms with van der Waals surface area (Å²) in [7, 11) is 0. The Labute approximate surface area is 321 Å². The Hall–Kier alpha value is -5.80. The van der Waals surface area contributed by atoms with Crippen molar-refractivity contribution in [3.05, 3.63) is 174 Å². The fourth-order valence-corrected chi connectivity index (χ4v) is 8.55. The summed E-state index contributed by atoms with van der Waals surface area (Å²) in [6, 6.07) is 59.6. The largest absolute Gasteiger partial charge is 0.311 e. The molecule has 2 nitrogen and oxygen atoms in total. The first-order valence-electron chi connectivity index (χ1n) is 19.6. The zero-order chi connectivity index (χ0) is 37.1. The smallest absolute Gasteiger partial charge is 0.252 e. The maximum Gasteiger partial charge on any atom is 0.252 e. The summed E-state index contributed by atoms with van der Waals surface area (Å²) in [4.78, 5) is 4.99. The van der Waals surface area contributed by atoms with Gasteiger partial charge < -0.3 is 9.80 Å². The number of hydrogen-bond donors (Lipinski definition) is 0. The zero-order valence-corrected chi connectivity index (χ0v) is 32.2. The Bertz CT molecular complexity index is 2460. The highest BCUT2D eigenvalue weighted by molar-refractivity contribution is 7.00. The minimum Gasteiger partial charge on any atom is -0.311 e. The average molecular weight is 699 g/mol. The Morgan fingerprint density at radius 1 is 0.352 bits per heavy atom. The van der Waals surface area contributed by atoms with Gasteiger partial charge in [-0.3, -0.25) is 0 Å². The lowest BCUT2D eigenvalue weighted by Gasteiger charge is -2.44. The van der Waals surface area contributed by atoms with Crippen LogP contribution < -0.4 is 26.2 Å². The molecular weight excluding hydrogens is 651 g/mol. The van der Waals surface area contributed by atoms with Crippen LogP contribution in [-0.2, 0) is 0 Å². The monoisotopic (exact) mass is 698 g/mol. The summed E-state index contributed by atoms with van der Waals surface area (Å²) in [6.45, 7) is 13.6. The molecule has 2 heterocycles. The summed E-state index contributed by atoms with van der Waals surface area (Å²) >= 11 is 0. The molecule has 0 unspecified atom stereocenters. The van der Waals surface area contributed by atoms with Gasteiger partial charge in [0.1, 0.15) is 0 Å². The lowest BCUT2D eigenvalue weighted by molar-refractivity contribution is 0.866. The van der Waals surface area contributed by atoms with Crippen molar-refractivity contribution in [3.8, 4) is 22.3 Å². The predicted molar refractivity (Wildman–Crippen MR) is 234 cm³/mol. The molecule has 0 spiro atoms. The molecule has 0 amide bonds. The van der Waals surface area contributed by atoms with Crippen molar-refractivity contribution in [2.24, 2.45) is 0 Å². The van der Waals surface area contributed by atoms with E-state index in [-0.39, 0.29) is 6.71 Å². The number of anilines is 6. The van der Waals surface area contributed by atoms with Crippen molar-refractivity contribution < 1.29 is 0 Å². The normalized spacial score (nSPS) is 13.0. The van der Waals surface area contributed by atoms with Crippen LogP contribution in [0.15, 0.2) is 158 Å². The molecule has 0 aliphatic carbocycles. The molecule has 0 bridgehead atoms. The van der Waals surface area contributed by atoms with Gasteiger partial charge in [0.2, 0.25) is 0 Å². The van der Waals surface area contributed by atoms with Crippen molar-refractivity contribution in [1.29, 1.82) is 0 Å². The van der Waals surface area contributed by atoms with Gasteiger partial charge in [-0.15, -0.1) is 0 Å². The third-order valence-corrected chi connectivity index (χ3v) is 11.7. The molecule has 9 rings (SSSR count). The highest BCUT2D eigenvalue weighted by atomic mass is 15.2. The van der Waals surface area contributed by atoms with Crippen molar-refractivity contribution in [1.82, 2.24) is 0 Å². The fourth-order valence-electron chi connectivity index (χ4n) is 8.55. The number of fused-ring (bicyclic) bond motifs is 4. The molecule has 0 radical (unpaired) electrons. The average Bonchev–Trinajstić information content (AvgIpc) is 3.21. The molecule has 2 aliphatic rings. The lowest BCUT2D eigenvalue weighted by atomic mass is 9.33. The van der Waals surface area contributed by atoms with Gasteiger partial charge in [0.25, 0.3) is 6.71 Å². The standard InChI is InChI=1S/C51H47BN2/c1-33(2)36-14-18-39(19-15-36)40-24-29-44(30-25-40)54-49-13-9-12-48-51(49)52(46-31-26-42(32-50(46)54)41-20-16-37(17-21-41)34(3)4)45-10-7-8-11-47(45)53(48)43-27-22-38(23-28-43)35(5)6/h7-35H,1-6H3. The molecule has 7 aromatic rings. The Morgan fingerprint density at radius 3 is 1.28 bits per heavy atom. The predicted octanol–water partition coefficient (Wildman–Crippen LogP) is 12.5. The van der Waals surface area contributed by atoms with Gasteiger partial charge in [-0.2, -0.15) is 0 Å². The first-order valence-corrected chi connectivity index (χ1v) is 19.6. The van der Waals surface area contributed by atoms with Crippen molar-refractivity contribution in [3.63, 3.8) is 0 Å². The Kier molecular flexibility index (Phi) is 8.54. The van der Waals surface area contributed by atoms with Crippen LogP contribution in [0.4, 0.5) is 34.1 Å². The van der Waals surface area contributed by atoms with Crippen molar-refractivity contribution in [2.45, 2.75) is 59.3 Å².